The van der Waals surface area contributed by atoms with Gasteiger partial charge in [0.1, 0.15) is 6.04 Å². The van der Waals surface area contributed by atoms with Gasteiger partial charge in [-0.1, -0.05) is 30.3 Å². The molecule has 1 aromatic carbocycles. The van der Waals surface area contributed by atoms with E-state index in [2.05, 4.69) is 4.99 Å². The number of aliphatic imine (C=N–C) groups is 1. The van der Waals surface area contributed by atoms with Gasteiger partial charge >= 0.3 is 0 Å². The lowest BCUT2D eigenvalue weighted by atomic mass is 10.0. The summed E-state index contributed by atoms with van der Waals surface area (Å²) >= 11 is 1.64. The molecule has 0 spiro atoms. The first-order chi connectivity index (χ1) is 9.28. The molecule has 2 aliphatic rings. The van der Waals surface area contributed by atoms with Gasteiger partial charge in [-0.25, -0.2) is 0 Å². The van der Waals surface area contributed by atoms with Crippen LogP contribution in [0.25, 0.3) is 0 Å². The maximum absolute atomic E-state index is 12.2. The molecule has 1 aromatic rings. The number of benzene rings is 1. The largest absolute Gasteiger partial charge is 0.396 e. The fraction of sp³-hybridized carbons (Fsp3) is 0.429. The van der Waals surface area contributed by atoms with Gasteiger partial charge in [0.2, 0.25) is 5.91 Å². The first kappa shape index (κ1) is 12.7. The molecule has 0 aliphatic carbocycles. The van der Waals surface area contributed by atoms with Crippen molar-refractivity contribution in [2.24, 2.45) is 10.9 Å². The van der Waals surface area contributed by atoms with E-state index >= 15 is 0 Å². The zero-order valence-electron chi connectivity index (χ0n) is 10.5. The van der Waals surface area contributed by atoms with Gasteiger partial charge < -0.3 is 10.0 Å². The number of amides is 1. The van der Waals surface area contributed by atoms with E-state index in [0.717, 1.165) is 16.4 Å². The van der Waals surface area contributed by atoms with Gasteiger partial charge in [-0.3, -0.25) is 9.79 Å². The maximum Gasteiger partial charge on any atom is 0.248 e. The second kappa shape index (κ2) is 5.35. The Kier molecular flexibility index (Phi) is 3.57. The molecule has 0 bridgehead atoms. The average Bonchev–Trinajstić information content (AvgIpc) is 2.88. The van der Waals surface area contributed by atoms with Gasteiger partial charge in [-0.2, -0.15) is 0 Å². The Morgan fingerprint density at radius 2 is 2.11 bits per heavy atom. The number of rotatable bonds is 3. The number of hydrogen-bond donors (Lipinski definition) is 1. The van der Waals surface area contributed by atoms with E-state index in [1.165, 1.54) is 0 Å². The summed E-state index contributed by atoms with van der Waals surface area (Å²) in [6.07, 6.45) is 0. The Bertz CT molecular complexity index is 497. The van der Waals surface area contributed by atoms with Crippen LogP contribution < -0.4 is 0 Å². The minimum absolute atomic E-state index is 0.100. The van der Waals surface area contributed by atoms with Crippen LogP contribution in [0, 0.1) is 5.92 Å². The number of hydrogen-bond acceptors (Lipinski definition) is 4. The third kappa shape index (κ3) is 2.53. The Hall–Kier alpha value is -1.33. The quantitative estimate of drug-likeness (QED) is 0.896. The predicted molar refractivity (Wildman–Crippen MR) is 76.4 cm³/mol. The van der Waals surface area contributed by atoms with Crippen LogP contribution >= 0.6 is 11.8 Å². The molecular weight excluding hydrogens is 260 g/mol. The third-order valence-corrected chi connectivity index (χ3v) is 4.58. The summed E-state index contributed by atoms with van der Waals surface area (Å²) < 4.78 is 0. The van der Waals surface area contributed by atoms with Gasteiger partial charge in [-0.05, 0) is 0 Å². The molecule has 0 aromatic heterocycles. The summed E-state index contributed by atoms with van der Waals surface area (Å²) in [4.78, 5) is 18.5. The molecule has 2 aliphatic heterocycles. The predicted octanol–water partition coefficient (Wildman–Crippen LogP) is 0.999. The van der Waals surface area contributed by atoms with E-state index in [4.69, 9.17) is 5.11 Å². The molecule has 1 amide bonds. The lowest BCUT2D eigenvalue weighted by Crippen LogP contribution is -2.54. The molecular formula is C14H16N2O2S. The lowest BCUT2D eigenvalue weighted by molar-refractivity contribution is -0.139. The van der Waals surface area contributed by atoms with Crippen molar-refractivity contribution < 1.29 is 9.90 Å². The van der Waals surface area contributed by atoms with Crippen molar-refractivity contribution in [1.82, 2.24) is 4.90 Å². The van der Waals surface area contributed by atoms with Crippen molar-refractivity contribution in [3.8, 4) is 0 Å². The topological polar surface area (TPSA) is 52.9 Å². The van der Waals surface area contributed by atoms with Crippen molar-refractivity contribution in [1.29, 1.82) is 0 Å². The zero-order chi connectivity index (χ0) is 13.2. The van der Waals surface area contributed by atoms with Crippen molar-refractivity contribution in [3.05, 3.63) is 35.9 Å². The van der Waals surface area contributed by atoms with Gasteiger partial charge in [-0.15, -0.1) is 11.8 Å². The second-order valence-corrected chi connectivity index (χ2v) is 5.93. The van der Waals surface area contributed by atoms with Crippen molar-refractivity contribution in [2.75, 3.05) is 25.4 Å². The Labute approximate surface area is 116 Å². The molecule has 1 fully saturated rings. The summed E-state index contributed by atoms with van der Waals surface area (Å²) in [5.41, 5.74) is 1.08. The Balaban J connectivity index is 1.65. The minimum Gasteiger partial charge on any atom is -0.396 e. The average molecular weight is 276 g/mol. The highest BCUT2D eigenvalue weighted by Gasteiger charge is 2.36. The number of thioether (sulfide) groups is 1. The van der Waals surface area contributed by atoms with Gasteiger partial charge in [0, 0.05) is 36.9 Å². The summed E-state index contributed by atoms with van der Waals surface area (Å²) in [5.74, 6) is 1.09. The van der Waals surface area contributed by atoms with Gasteiger partial charge in [0.25, 0.3) is 0 Å². The molecule has 5 heteroatoms. The van der Waals surface area contributed by atoms with E-state index in [9.17, 15) is 4.79 Å². The highest BCUT2D eigenvalue weighted by Crippen LogP contribution is 2.26. The number of likely N-dealkylation sites (tertiary alicyclic amines) is 1. The van der Waals surface area contributed by atoms with Crippen LogP contribution in [0.3, 0.4) is 0 Å². The maximum atomic E-state index is 12.2. The molecule has 2 heterocycles. The number of carbonyl (C=O) groups excluding carboxylic acids is 1. The highest BCUT2D eigenvalue weighted by atomic mass is 32.2. The lowest BCUT2D eigenvalue weighted by Gasteiger charge is -2.39. The van der Waals surface area contributed by atoms with Crippen molar-refractivity contribution in [3.63, 3.8) is 0 Å². The molecule has 1 N–H and O–H groups in total. The molecule has 100 valence electrons. The molecule has 3 rings (SSSR count). The molecule has 0 saturated carbocycles. The minimum atomic E-state index is -0.250. The smallest absolute Gasteiger partial charge is 0.248 e. The van der Waals surface area contributed by atoms with E-state index in [1.807, 2.05) is 30.3 Å². The molecule has 1 atom stereocenters. The van der Waals surface area contributed by atoms with Crippen LogP contribution in [0.1, 0.15) is 5.56 Å². The first-order valence-corrected chi connectivity index (χ1v) is 7.42. The van der Waals surface area contributed by atoms with Crippen LogP contribution in [0.2, 0.25) is 0 Å². The molecule has 19 heavy (non-hydrogen) atoms. The van der Waals surface area contributed by atoms with E-state index in [-0.39, 0.29) is 24.5 Å². The molecule has 1 saturated heterocycles. The van der Waals surface area contributed by atoms with Gasteiger partial charge in [0.15, 0.2) is 0 Å². The van der Waals surface area contributed by atoms with Crippen LogP contribution in [-0.4, -0.2) is 52.4 Å². The summed E-state index contributed by atoms with van der Waals surface area (Å²) in [6.45, 7) is 1.51. The molecule has 4 nitrogen and oxygen atoms in total. The number of carbonyl (C=O) groups is 1. The first-order valence-electron chi connectivity index (χ1n) is 6.43. The van der Waals surface area contributed by atoms with Crippen LogP contribution in [0.5, 0.6) is 0 Å². The number of nitrogens with zero attached hydrogens (tertiary/aromatic N) is 2. The number of aliphatic hydroxyl groups excluding tert-OH is 1. The third-order valence-electron chi connectivity index (χ3n) is 3.48. The van der Waals surface area contributed by atoms with E-state index in [0.29, 0.717) is 13.1 Å². The highest BCUT2D eigenvalue weighted by molar-refractivity contribution is 8.14. The summed E-state index contributed by atoms with van der Waals surface area (Å²) in [7, 11) is 0. The zero-order valence-corrected chi connectivity index (χ0v) is 11.3. The summed E-state index contributed by atoms with van der Waals surface area (Å²) in [6, 6.07) is 9.72. The summed E-state index contributed by atoms with van der Waals surface area (Å²) in [5, 5.41) is 9.93. The van der Waals surface area contributed by atoms with E-state index < -0.39 is 0 Å². The SMILES string of the molecule is O=C(C1CSC(c2ccccc2)=N1)N1CC(CO)C1. The van der Waals surface area contributed by atoms with Gasteiger partial charge in [0.05, 0.1) is 5.04 Å². The monoisotopic (exact) mass is 276 g/mol. The Morgan fingerprint density at radius 1 is 1.37 bits per heavy atom. The van der Waals surface area contributed by atoms with Crippen LogP contribution in [0.15, 0.2) is 35.3 Å². The van der Waals surface area contributed by atoms with E-state index in [1.54, 1.807) is 16.7 Å². The fourth-order valence-electron chi connectivity index (χ4n) is 2.32. The van der Waals surface area contributed by atoms with Crippen LogP contribution in [-0.2, 0) is 4.79 Å². The molecule has 0 radical (unpaired) electrons. The van der Waals surface area contributed by atoms with Crippen molar-refractivity contribution in [2.45, 2.75) is 6.04 Å². The standard InChI is InChI=1S/C14H16N2O2S/c17-8-10-6-16(7-10)14(18)12-9-19-13(15-12)11-4-2-1-3-5-11/h1-5,10,12,17H,6-9H2. The normalized spacial score (nSPS) is 23.1. The Morgan fingerprint density at radius 3 is 2.79 bits per heavy atom. The van der Waals surface area contributed by atoms with Crippen molar-refractivity contribution >= 4 is 22.7 Å². The van der Waals surface area contributed by atoms with Crippen LogP contribution in [0.4, 0.5) is 0 Å². The fourth-order valence-corrected chi connectivity index (χ4v) is 3.35. The second-order valence-electron chi connectivity index (χ2n) is 4.92. The molecule has 1 unspecified atom stereocenters. The number of aliphatic hydroxyl groups is 1.